The van der Waals surface area contributed by atoms with E-state index in [1.54, 1.807) is 36.4 Å². The van der Waals surface area contributed by atoms with E-state index in [9.17, 15) is 13.2 Å². The largest absolute Gasteiger partial charge is 0.343 e. The molecule has 0 aromatic heterocycles. The van der Waals surface area contributed by atoms with Gasteiger partial charge in [-0.2, -0.15) is 0 Å². The molecule has 0 radical (unpaired) electrons. The number of aryl methyl sites for hydroxylation is 2. The van der Waals surface area contributed by atoms with Crippen LogP contribution in [-0.4, -0.2) is 38.9 Å². The minimum atomic E-state index is -3.74. The Bertz CT molecular complexity index is 884. The Morgan fingerprint density at radius 3 is 2.00 bits per heavy atom. The third kappa shape index (κ3) is 4.50. The molecule has 1 heterocycles. The standard InChI is InChI=1S/C21H26N2O3S/c1-17-5-9-19(10-6-17)23(16-13-21(24)22-14-3-4-15-22)27(25,26)20-11-7-18(2)8-12-20/h5-12H,3-4,13-16H2,1-2H3. The molecule has 1 amide bonds. The zero-order valence-corrected chi connectivity index (χ0v) is 16.7. The van der Waals surface area contributed by atoms with Crippen LogP contribution in [0.1, 0.15) is 30.4 Å². The minimum absolute atomic E-state index is 0.0173. The van der Waals surface area contributed by atoms with Crippen molar-refractivity contribution in [3.8, 4) is 0 Å². The fourth-order valence-corrected chi connectivity index (χ4v) is 4.72. The van der Waals surface area contributed by atoms with Crippen molar-refractivity contribution in [3.05, 3.63) is 59.7 Å². The van der Waals surface area contributed by atoms with Gasteiger partial charge in [0.2, 0.25) is 5.91 Å². The molecule has 1 aliphatic heterocycles. The normalized spacial score (nSPS) is 14.4. The summed E-state index contributed by atoms with van der Waals surface area (Å²) in [5.41, 5.74) is 2.63. The van der Waals surface area contributed by atoms with Gasteiger partial charge in [-0.05, 0) is 51.0 Å². The number of nitrogens with zero attached hydrogens (tertiary/aromatic N) is 2. The lowest BCUT2D eigenvalue weighted by atomic mass is 10.2. The summed E-state index contributed by atoms with van der Waals surface area (Å²) in [6.07, 6.45) is 2.23. The van der Waals surface area contributed by atoms with Crippen LogP contribution >= 0.6 is 0 Å². The van der Waals surface area contributed by atoms with Crippen molar-refractivity contribution in [1.82, 2.24) is 4.90 Å². The molecule has 0 atom stereocenters. The second-order valence-electron chi connectivity index (χ2n) is 7.06. The van der Waals surface area contributed by atoms with E-state index in [1.807, 2.05) is 30.9 Å². The van der Waals surface area contributed by atoms with Gasteiger partial charge >= 0.3 is 0 Å². The minimum Gasteiger partial charge on any atom is -0.343 e. The molecule has 27 heavy (non-hydrogen) atoms. The van der Waals surface area contributed by atoms with Crippen LogP contribution in [0.5, 0.6) is 0 Å². The quantitative estimate of drug-likeness (QED) is 0.763. The molecule has 0 bridgehead atoms. The lowest BCUT2D eigenvalue weighted by Gasteiger charge is -2.25. The van der Waals surface area contributed by atoms with Gasteiger partial charge in [0.15, 0.2) is 0 Å². The van der Waals surface area contributed by atoms with E-state index in [2.05, 4.69) is 0 Å². The second kappa shape index (κ2) is 8.13. The third-order valence-corrected chi connectivity index (χ3v) is 6.76. The maximum absolute atomic E-state index is 13.3. The lowest BCUT2D eigenvalue weighted by molar-refractivity contribution is -0.129. The van der Waals surface area contributed by atoms with Crippen molar-refractivity contribution >= 4 is 21.6 Å². The summed E-state index contributed by atoms with van der Waals surface area (Å²) in [5.74, 6) is 0.0173. The third-order valence-electron chi connectivity index (χ3n) is 4.92. The Morgan fingerprint density at radius 2 is 1.44 bits per heavy atom. The van der Waals surface area contributed by atoms with Crippen LogP contribution < -0.4 is 4.31 Å². The molecule has 0 unspecified atom stereocenters. The van der Waals surface area contributed by atoms with Crippen molar-refractivity contribution in [2.24, 2.45) is 0 Å². The topological polar surface area (TPSA) is 57.7 Å². The Balaban J connectivity index is 1.88. The van der Waals surface area contributed by atoms with E-state index in [-0.39, 0.29) is 23.8 Å². The van der Waals surface area contributed by atoms with Crippen LogP contribution in [-0.2, 0) is 14.8 Å². The molecule has 2 aromatic carbocycles. The zero-order valence-electron chi connectivity index (χ0n) is 15.9. The maximum Gasteiger partial charge on any atom is 0.264 e. The maximum atomic E-state index is 13.3. The average molecular weight is 387 g/mol. The SMILES string of the molecule is Cc1ccc(N(CCC(=O)N2CCCC2)S(=O)(=O)c2ccc(C)cc2)cc1. The number of amides is 1. The van der Waals surface area contributed by atoms with Crippen LogP contribution in [0.4, 0.5) is 5.69 Å². The number of rotatable bonds is 6. The summed E-state index contributed by atoms with van der Waals surface area (Å²) >= 11 is 0. The number of benzene rings is 2. The van der Waals surface area contributed by atoms with Crippen molar-refractivity contribution in [2.45, 2.75) is 38.0 Å². The van der Waals surface area contributed by atoms with Gasteiger partial charge in [0.1, 0.15) is 0 Å². The summed E-state index contributed by atoms with van der Waals surface area (Å²) in [4.78, 5) is 14.5. The number of hydrogen-bond donors (Lipinski definition) is 0. The summed E-state index contributed by atoms with van der Waals surface area (Å²) in [6.45, 7) is 5.55. The highest BCUT2D eigenvalue weighted by molar-refractivity contribution is 7.92. The molecule has 1 aliphatic rings. The predicted molar refractivity (Wildman–Crippen MR) is 107 cm³/mol. The van der Waals surface area contributed by atoms with Crippen LogP contribution in [0, 0.1) is 13.8 Å². The predicted octanol–water partition coefficient (Wildman–Crippen LogP) is 3.51. The van der Waals surface area contributed by atoms with E-state index in [0.29, 0.717) is 5.69 Å². The smallest absolute Gasteiger partial charge is 0.264 e. The van der Waals surface area contributed by atoms with Crippen molar-refractivity contribution < 1.29 is 13.2 Å². The van der Waals surface area contributed by atoms with E-state index >= 15 is 0 Å². The Kier molecular flexibility index (Phi) is 5.85. The number of likely N-dealkylation sites (tertiary alicyclic amines) is 1. The highest BCUT2D eigenvalue weighted by Gasteiger charge is 2.27. The van der Waals surface area contributed by atoms with E-state index < -0.39 is 10.0 Å². The monoisotopic (exact) mass is 386 g/mol. The lowest BCUT2D eigenvalue weighted by Crippen LogP contribution is -2.36. The Morgan fingerprint density at radius 1 is 0.926 bits per heavy atom. The molecule has 3 rings (SSSR count). The van der Waals surface area contributed by atoms with Gasteiger partial charge in [0.25, 0.3) is 10.0 Å². The number of carbonyl (C=O) groups excluding carboxylic acids is 1. The molecule has 0 N–H and O–H groups in total. The van der Waals surface area contributed by atoms with Crippen LogP contribution in [0.25, 0.3) is 0 Å². The highest BCUT2D eigenvalue weighted by atomic mass is 32.2. The fourth-order valence-electron chi connectivity index (χ4n) is 3.26. The molecule has 0 aliphatic carbocycles. The summed E-state index contributed by atoms with van der Waals surface area (Å²) < 4.78 is 27.9. The first-order valence-corrected chi connectivity index (χ1v) is 10.8. The first-order valence-electron chi connectivity index (χ1n) is 9.32. The number of hydrogen-bond acceptors (Lipinski definition) is 3. The van der Waals surface area contributed by atoms with E-state index in [1.165, 1.54) is 4.31 Å². The van der Waals surface area contributed by atoms with Gasteiger partial charge in [-0.1, -0.05) is 35.4 Å². The molecular weight excluding hydrogens is 360 g/mol. The summed E-state index contributed by atoms with van der Waals surface area (Å²) in [7, 11) is -3.74. The van der Waals surface area contributed by atoms with Crippen LogP contribution in [0.3, 0.4) is 0 Å². The molecule has 0 spiro atoms. The van der Waals surface area contributed by atoms with Crippen LogP contribution in [0.2, 0.25) is 0 Å². The zero-order chi connectivity index (χ0) is 19.4. The summed E-state index contributed by atoms with van der Waals surface area (Å²) in [5, 5.41) is 0. The van der Waals surface area contributed by atoms with Crippen LogP contribution in [0.15, 0.2) is 53.4 Å². The average Bonchev–Trinajstić information content (AvgIpc) is 3.18. The number of anilines is 1. The molecule has 5 nitrogen and oxygen atoms in total. The molecule has 0 saturated carbocycles. The first-order chi connectivity index (χ1) is 12.9. The Hall–Kier alpha value is -2.34. The summed E-state index contributed by atoms with van der Waals surface area (Å²) in [6, 6.07) is 14.2. The molecule has 1 fully saturated rings. The van der Waals surface area contributed by atoms with Gasteiger partial charge in [-0.3, -0.25) is 9.10 Å². The van der Waals surface area contributed by atoms with Gasteiger partial charge < -0.3 is 4.90 Å². The van der Waals surface area contributed by atoms with Crippen molar-refractivity contribution in [3.63, 3.8) is 0 Å². The fraction of sp³-hybridized carbons (Fsp3) is 0.381. The number of sulfonamides is 1. The molecule has 144 valence electrons. The van der Waals surface area contributed by atoms with Gasteiger partial charge in [-0.15, -0.1) is 0 Å². The van der Waals surface area contributed by atoms with E-state index in [0.717, 1.165) is 37.1 Å². The van der Waals surface area contributed by atoms with Crippen molar-refractivity contribution in [2.75, 3.05) is 23.9 Å². The Labute approximate surface area is 161 Å². The van der Waals surface area contributed by atoms with Gasteiger partial charge in [0.05, 0.1) is 10.6 Å². The van der Waals surface area contributed by atoms with Crippen molar-refractivity contribution in [1.29, 1.82) is 0 Å². The van der Waals surface area contributed by atoms with Gasteiger partial charge in [0, 0.05) is 26.1 Å². The molecule has 1 saturated heterocycles. The molecular formula is C21H26N2O3S. The molecule has 2 aromatic rings. The molecule has 6 heteroatoms. The van der Waals surface area contributed by atoms with Gasteiger partial charge in [-0.25, -0.2) is 8.42 Å². The van der Waals surface area contributed by atoms with E-state index in [4.69, 9.17) is 0 Å². The first kappa shape index (κ1) is 19.4. The number of carbonyl (C=O) groups is 1. The second-order valence-corrected chi connectivity index (χ2v) is 8.93. The highest BCUT2D eigenvalue weighted by Crippen LogP contribution is 2.25.